The van der Waals surface area contributed by atoms with Crippen molar-refractivity contribution in [1.82, 2.24) is 9.97 Å². The lowest BCUT2D eigenvalue weighted by Gasteiger charge is -2.10. The van der Waals surface area contributed by atoms with Gasteiger partial charge in [0, 0.05) is 29.1 Å². The van der Waals surface area contributed by atoms with Crippen LogP contribution in [-0.2, 0) is 0 Å². The number of pyridine rings is 2. The van der Waals surface area contributed by atoms with Gasteiger partial charge in [-0.1, -0.05) is 12.2 Å². The zero-order valence-corrected chi connectivity index (χ0v) is 18.5. The summed E-state index contributed by atoms with van der Waals surface area (Å²) in [5.41, 5.74) is 8.56. The van der Waals surface area contributed by atoms with Crippen LogP contribution in [0.2, 0.25) is 0 Å². The van der Waals surface area contributed by atoms with Gasteiger partial charge in [-0.2, -0.15) is 5.26 Å². The Morgan fingerprint density at radius 2 is 1.52 bits per heavy atom. The Balaban J connectivity index is 0.000000497. The Kier molecular flexibility index (Phi) is 11.2. The number of hydrogen-bond donors (Lipinski definition) is 1. The fraction of sp³-hybridized carbons (Fsp3) is 0.429. The SMILES string of the molecule is Cc1cc(C#N)cc(OC(C)C)n1.Cc1cc(C(N)=S)cc(OC(C)C)n1.[2H]CF. The van der Waals surface area contributed by atoms with Gasteiger partial charge < -0.3 is 15.2 Å². The van der Waals surface area contributed by atoms with Crippen molar-refractivity contribution in [2.24, 2.45) is 5.73 Å². The summed E-state index contributed by atoms with van der Waals surface area (Å²) >= 11 is 4.89. The van der Waals surface area contributed by atoms with Gasteiger partial charge >= 0.3 is 0 Å². The second kappa shape index (κ2) is 13.4. The van der Waals surface area contributed by atoms with Crippen molar-refractivity contribution in [3.63, 3.8) is 0 Å². The van der Waals surface area contributed by atoms with Gasteiger partial charge in [-0.05, 0) is 53.7 Å². The lowest BCUT2D eigenvalue weighted by molar-refractivity contribution is 0.232. The van der Waals surface area contributed by atoms with Gasteiger partial charge in [-0.15, -0.1) is 0 Å². The van der Waals surface area contributed by atoms with Crippen LogP contribution >= 0.6 is 12.2 Å². The number of nitriles is 1. The Hall–Kier alpha value is -2.79. The summed E-state index contributed by atoms with van der Waals surface area (Å²) in [5, 5.41) is 8.69. The monoisotopic (exact) mass is 421 g/mol. The molecule has 0 aliphatic heterocycles. The first-order valence-corrected chi connectivity index (χ1v) is 9.28. The molecule has 0 radical (unpaired) electrons. The fourth-order valence-corrected chi connectivity index (χ4v) is 2.20. The van der Waals surface area contributed by atoms with Crippen molar-refractivity contribution in [3.8, 4) is 17.8 Å². The number of ether oxygens (including phenoxy) is 2. The molecular weight excluding hydrogens is 391 g/mol. The van der Waals surface area contributed by atoms with E-state index in [0.29, 0.717) is 22.3 Å². The van der Waals surface area contributed by atoms with Crippen LogP contribution in [0.5, 0.6) is 11.8 Å². The second-order valence-electron chi connectivity index (χ2n) is 6.48. The van der Waals surface area contributed by atoms with Crippen molar-refractivity contribution in [2.75, 3.05) is 7.15 Å². The van der Waals surface area contributed by atoms with Crippen LogP contribution in [0.3, 0.4) is 0 Å². The van der Waals surface area contributed by atoms with Crippen LogP contribution in [-0.4, -0.2) is 34.3 Å². The molecule has 0 aromatic carbocycles. The molecule has 2 aromatic heterocycles. The molecule has 2 N–H and O–H groups in total. The van der Waals surface area contributed by atoms with E-state index >= 15 is 0 Å². The second-order valence-corrected chi connectivity index (χ2v) is 6.92. The number of halogens is 1. The van der Waals surface area contributed by atoms with E-state index in [9.17, 15) is 4.39 Å². The zero-order chi connectivity index (χ0) is 23.3. The Morgan fingerprint density at radius 3 is 1.93 bits per heavy atom. The summed E-state index contributed by atoms with van der Waals surface area (Å²) in [7, 11) is -1.00. The molecule has 0 unspecified atom stereocenters. The molecule has 0 atom stereocenters. The standard InChI is InChI=1S/C10H14N2OS.C10H12N2O.CH3F/c1-6(2)13-9-5-8(10(11)14)4-7(3)12-9;1-7(2)13-10-5-9(6-11)4-8(3)12-10;1-2/h4-6H,1-3H3,(H2,11,14);4-5,7H,1-3H3;1H3/i;;1D. The van der Waals surface area contributed by atoms with Crippen molar-refractivity contribution >= 4 is 17.2 Å². The summed E-state index contributed by atoms with van der Waals surface area (Å²) in [4.78, 5) is 8.73. The van der Waals surface area contributed by atoms with Crippen molar-refractivity contribution in [1.29, 1.82) is 5.26 Å². The summed E-state index contributed by atoms with van der Waals surface area (Å²) in [5.74, 6) is 1.09. The highest BCUT2D eigenvalue weighted by atomic mass is 32.1. The predicted octanol–water partition coefficient (Wildman–Crippen LogP) is 4.45. The third-order valence-corrected chi connectivity index (χ3v) is 3.22. The number of nitrogens with zero attached hydrogens (tertiary/aromatic N) is 3. The molecule has 29 heavy (non-hydrogen) atoms. The topological polar surface area (TPSA) is 94.0 Å². The lowest BCUT2D eigenvalue weighted by Crippen LogP contribution is -2.12. The smallest absolute Gasteiger partial charge is 0.215 e. The highest BCUT2D eigenvalue weighted by Crippen LogP contribution is 2.14. The van der Waals surface area contributed by atoms with Crippen molar-refractivity contribution < 1.29 is 15.2 Å². The van der Waals surface area contributed by atoms with E-state index in [2.05, 4.69) is 16.0 Å². The van der Waals surface area contributed by atoms with Gasteiger partial charge in [0.1, 0.15) is 4.99 Å². The quantitative estimate of drug-likeness (QED) is 0.713. The molecule has 158 valence electrons. The maximum absolute atomic E-state index is 9.96. The molecule has 0 bridgehead atoms. The van der Waals surface area contributed by atoms with Gasteiger partial charge in [0.25, 0.3) is 0 Å². The number of nitrogens with two attached hydrogens (primary N) is 1. The zero-order valence-electron chi connectivity index (χ0n) is 18.7. The molecule has 0 aliphatic carbocycles. The maximum Gasteiger partial charge on any atom is 0.215 e. The molecular formula is C21H29FN4O2S. The third kappa shape index (κ3) is 11.0. The number of thiocarbonyl (C=S) groups is 1. The highest BCUT2D eigenvalue weighted by Gasteiger charge is 2.05. The summed E-state index contributed by atoms with van der Waals surface area (Å²) in [6.07, 6.45) is 0.185. The van der Waals surface area contributed by atoms with Crippen LogP contribution in [0.25, 0.3) is 0 Å². The molecule has 8 heteroatoms. The molecule has 2 rings (SSSR count). The van der Waals surface area contributed by atoms with Crippen molar-refractivity contribution in [3.05, 3.63) is 46.8 Å². The molecule has 0 fully saturated rings. The first-order chi connectivity index (χ1) is 14.0. The fourth-order valence-electron chi connectivity index (χ4n) is 2.09. The van der Waals surface area contributed by atoms with Crippen LogP contribution < -0.4 is 15.2 Å². The summed E-state index contributed by atoms with van der Waals surface area (Å²) < 4.78 is 26.3. The maximum atomic E-state index is 9.96. The molecule has 0 spiro atoms. The molecule has 2 aromatic rings. The van der Waals surface area contributed by atoms with E-state index < -0.39 is 7.15 Å². The Labute approximate surface area is 179 Å². The average Bonchev–Trinajstić information content (AvgIpc) is 2.60. The Bertz CT molecular complexity index is 857. The van der Waals surface area contributed by atoms with Gasteiger partial charge in [0.2, 0.25) is 11.8 Å². The van der Waals surface area contributed by atoms with E-state index in [0.717, 1.165) is 17.0 Å². The number of aryl methyl sites for hydroxylation is 2. The van der Waals surface area contributed by atoms with E-state index in [1.54, 1.807) is 18.2 Å². The third-order valence-electron chi connectivity index (χ3n) is 2.99. The normalized spacial score (nSPS) is 10.0. The Morgan fingerprint density at radius 1 is 1.07 bits per heavy atom. The van der Waals surface area contributed by atoms with Gasteiger partial charge in [0.15, 0.2) is 0 Å². The molecule has 0 saturated carbocycles. The van der Waals surface area contributed by atoms with Crippen molar-refractivity contribution in [2.45, 2.75) is 53.8 Å². The number of alkyl halides is 1. The first kappa shape index (κ1) is 24.2. The predicted molar refractivity (Wildman–Crippen MR) is 117 cm³/mol. The largest absolute Gasteiger partial charge is 0.475 e. The first-order valence-electron chi connectivity index (χ1n) is 9.58. The summed E-state index contributed by atoms with van der Waals surface area (Å²) in [6.45, 7) is 11.5. The number of hydrogen-bond acceptors (Lipinski definition) is 6. The molecule has 0 saturated heterocycles. The minimum absolute atomic E-state index is 0.0841. The molecule has 0 amide bonds. The van der Waals surface area contributed by atoms with Gasteiger partial charge in [0.05, 0.1) is 32.4 Å². The number of rotatable bonds is 5. The molecule has 2 heterocycles. The summed E-state index contributed by atoms with van der Waals surface area (Å²) in [6, 6.07) is 9.04. The minimum Gasteiger partial charge on any atom is -0.475 e. The van der Waals surface area contributed by atoms with Crippen LogP contribution in [0.1, 0.15) is 51.6 Å². The van der Waals surface area contributed by atoms with E-state index in [1.807, 2.05) is 47.6 Å². The average molecular weight is 422 g/mol. The van der Waals surface area contributed by atoms with Gasteiger partial charge in [-0.25, -0.2) is 9.97 Å². The van der Waals surface area contributed by atoms with Crippen LogP contribution in [0.15, 0.2) is 24.3 Å². The van der Waals surface area contributed by atoms with E-state index in [1.165, 1.54) is 0 Å². The van der Waals surface area contributed by atoms with Crippen LogP contribution in [0.4, 0.5) is 4.39 Å². The minimum atomic E-state index is -1.00. The van der Waals surface area contributed by atoms with E-state index in [4.69, 9.17) is 34.1 Å². The van der Waals surface area contributed by atoms with Crippen LogP contribution in [0, 0.1) is 25.2 Å². The lowest BCUT2D eigenvalue weighted by atomic mass is 10.2. The number of aromatic nitrogens is 2. The highest BCUT2D eigenvalue weighted by molar-refractivity contribution is 7.80. The molecule has 0 aliphatic rings. The van der Waals surface area contributed by atoms with E-state index in [-0.39, 0.29) is 12.2 Å². The van der Waals surface area contributed by atoms with Gasteiger partial charge in [-0.3, -0.25) is 4.39 Å². The molecule has 6 nitrogen and oxygen atoms in total.